The molecule has 1 aromatic heterocycles. The van der Waals surface area contributed by atoms with Crippen LogP contribution in [-0.2, 0) is 4.79 Å². The third-order valence-corrected chi connectivity index (χ3v) is 2.59. The topological polar surface area (TPSA) is 88.5 Å². The van der Waals surface area contributed by atoms with Gasteiger partial charge in [-0.3, -0.25) is 9.59 Å². The van der Waals surface area contributed by atoms with Crippen LogP contribution in [0, 0.1) is 0 Å². The van der Waals surface area contributed by atoms with Gasteiger partial charge in [-0.1, -0.05) is 0 Å². The van der Waals surface area contributed by atoms with E-state index in [-0.39, 0.29) is 17.9 Å². The molecule has 1 heterocycles. The van der Waals surface area contributed by atoms with E-state index in [9.17, 15) is 27.2 Å². The summed E-state index contributed by atoms with van der Waals surface area (Å²) in [6.45, 7) is -0.0534. The molecule has 0 spiro atoms. The molecule has 1 rings (SSSR count). The smallest absolute Gasteiger partial charge is 0.340 e. The number of carboxylic acids is 1. The van der Waals surface area contributed by atoms with E-state index in [4.69, 9.17) is 5.11 Å². The first-order valence-corrected chi connectivity index (χ1v) is 6.39. The minimum Gasteiger partial charge on any atom is -0.481 e. The fraction of sp³-hybridized carbons (Fsp3) is 0.462. The second-order valence-corrected chi connectivity index (χ2v) is 4.71. The number of aliphatic carboxylic acids is 1. The van der Waals surface area contributed by atoms with Crippen molar-refractivity contribution in [2.45, 2.75) is 31.7 Å². The Morgan fingerprint density at radius 3 is 2.52 bits per heavy atom. The van der Waals surface area contributed by atoms with Crippen LogP contribution in [0.15, 0.2) is 18.3 Å². The van der Waals surface area contributed by atoms with Crippen LogP contribution in [0.3, 0.4) is 0 Å². The van der Waals surface area contributed by atoms with Crippen LogP contribution in [0.1, 0.15) is 23.7 Å². The molecule has 1 aromatic rings. The van der Waals surface area contributed by atoms with Gasteiger partial charge >= 0.3 is 18.3 Å². The molecule has 1 amide bonds. The van der Waals surface area contributed by atoms with E-state index in [0.717, 1.165) is 12.3 Å². The Labute approximate surface area is 128 Å². The van der Waals surface area contributed by atoms with Crippen molar-refractivity contribution in [1.29, 1.82) is 0 Å². The predicted molar refractivity (Wildman–Crippen MR) is 69.9 cm³/mol. The maximum absolute atomic E-state index is 12.7. The molecule has 1 atom stereocenters. The first-order valence-electron chi connectivity index (χ1n) is 6.39. The summed E-state index contributed by atoms with van der Waals surface area (Å²) in [6.07, 6.45) is -3.13. The number of carboxylic acid groups (broad SMARTS) is 1. The summed E-state index contributed by atoms with van der Waals surface area (Å²) in [4.78, 5) is 25.8. The van der Waals surface area contributed by atoms with Crippen molar-refractivity contribution in [1.82, 2.24) is 10.3 Å². The molecule has 10 heteroatoms. The predicted octanol–water partition coefficient (Wildman–Crippen LogP) is 1.95. The van der Waals surface area contributed by atoms with Crippen molar-refractivity contribution in [2.75, 3.05) is 6.61 Å². The minimum absolute atomic E-state index is 0.0372. The molecule has 0 aliphatic carbocycles. The molecule has 0 saturated heterocycles. The maximum Gasteiger partial charge on any atom is 0.340 e. The summed E-state index contributed by atoms with van der Waals surface area (Å²) in [5.74, 6) is -6.35. The van der Waals surface area contributed by atoms with Crippen molar-refractivity contribution in [2.24, 2.45) is 0 Å². The fourth-order valence-corrected chi connectivity index (χ4v) is 1.45. The molecule has 0 bridgehead atoms. The molecule has 0 aliphatic rings. The summed E-state index contributed by atoms with van der Waals surface area (Å²) in [7, 11) is 0. The highest BCUT2D eigenvalue weighted by Gasteiger charge is 2.41. The van der Waals surface area contributed by atoms with Crippen LogP contribution >= 0.6 is 0 Å². The number of rotatable bonds is 8. The molecular formula is C13H14F4N2O4. The Morgan fingerprint density at radius 2 is 2.04 bits per heavy atom. The second-order valence-electron chi connectivity index (χ2n) is 4.71. The Kier molecular flexibility index (Phi) is 6.28. The standard InChI is InChI=1S/C13H14F4N2O4/c1-7(4-10(20)21)19-11(22)8-2-3-9(18-5-8)23-6-13(16,17)12(14)15/h2-3,5,7,12H,4,6H2,1H3,(H,19,22)(H,20,21). The highest BCUT2D eigenvalue weighted by molar-refractivity contribution is 5.94. The summed E-state index contributed by atoms with van der Waals surface area (Å²) in [5.41, 5.74) is 0.0372. The average Bonchev–Trinajstić information content (AvgIpc) is 2.44. The van der Waals surface area contributed by atoms with Gasteiger partial charge < -0.3 is 15.2 Å². The number of ether oxygens (including phenoxy) is 1. The third-order valence-electron chi connectivity index (χ3n) is 2.59. The number of amides is 1. The van der Waals surface area contributed by atoms with Crippen LogP contribution in [0.4, 0.5) is 17.6 Å². The molecule has 128 valence electrons. The molecule has 6 nitrogen and oxygen atoms in total. The SMILES string of the molecule is CC(CC(=O)O)NC(=O)c1ccc(OCC(F)(F)C(F)F)nc1. The lowest BCUT2D eigenvalue weighted by atomic mass is 10.2. The van der Waals surface area contributed by atoms with Crippen molar-refractivity contribution in [3.8, 4) is 5.88 Å². The van der Waals surface area contributed by atoms with Gasteiger partial charge in [-0.05, 0) is 13.0 Å². The molecular weight excluding hydrogens is 324 g/mol. The highest BCUT2D eigenvalue weighted by Crippen LogP contribution is 2.23. The van der Waals surface area contributed by atoms with Crippen molar-refractivity contribution in [3.05, 3.63) is 23.9 Å². The molecule has 0 fully saturated rings. The van der Waals surface area contributed by atoms with E-state index < -0.39 is 36.9 Å². The van der Waals surface area contributed by atoms with Crippen LogP contribution in [-0.4, -0.2) is 47.0 Å². The maximum atomic E-state index is 12.7. The molecule has 23 heavy (non-hydrogen) atoms. The number of hydrogen-bond donors (Lipinski definition) is 2. The number of hydrogen-bond acceptors (Lipinski definition) is 4. The number of aromatic nitrogens is 1. The number of nitrogens with zero attached hydrogens (tertiary/aromatic N) is 1. The van der Waals surface area contributed by atoms with Gasteiger partial charge in [0.15, 0.2) is 6.61 Å². The third kappa shape index (κ3) is 6.09. The quantitative estimate of drug-likeness (QED) is 0.708. The summed E-state index contributed by atoms with van der Waals surface area (Å²) in [5, 5.41) is 11.0. The summed E-state index contributed by atoms with van der Waals surface area (Å²) < 4.78 is 53.7. The number of halogens is 4. The Morgan fingerprint density at radius 1 is 1.39 bits per heavy atom. The Bertz CT molecular complexity index is 551. The lowest BCUT2D eigenvalue weighted by molar-refractivity contribution is -0.148. The largest absolute Gasteiger partial charge is 0.481 e. The van der Waals surface area contributed by atoms with Crippen LogP contribution < -0.4 is 10.1 Å². The van der Waals surface area contributed by atoms with E-state index >= 15 is 0 Å². The lowest BCUT2D eigenvalue weighted by Crippen LogP contribution is -2.34. The number of carbonyl (C=O) groups is 2. The van der Waals surface area contributed by atoms with E-state index in [2.05, 4.69) is 15.0 Å². The van der Waals surface area contributed by atoms with Gasteiger partial charge in [0.1, 0.15) is 0 Å². The fourth-order valence-electron chi connectivity index (χ4n) is 1.45. The molecule has 0 aliphatic heterocycles. The average molecular weight is 338 g/mol. The van der Waals surface area contributed by atoms with Crippen molar-refractivity contribution >= 4 is 11.9 Å². The van der Waals surface area contributed by atoms with Crippen LogP contribution in [0.25, 0.3) is 0 Å². The first kappa shape index (κ1) is 18.7. The summed E-state index contributed by atoms with van der Waals surface area (Å²) in [6, 6.07) is 1.63. The molecule has 1 unspecified atom stereocenters. The monoisotopic (exact) mass is 338 g/mol. The zero-order chi connectivity index (χ0) is 17.6. The van der Waals surface area contributed by atoms with Gasteiger partial charge in [0.05, 0.1) is 12.0 Å². The van der Waals surface area contributed by atoms with Crippen molar-refractivity contribution < 1.29 is 37.0 Å². The van der Waals surface area contributed by atoms with Gasteiger partial charge in [-0.15, -0.1) is 0 Å². The van der Waals surface area contributed by atoms with E-state index in [1.807, 2.05) is 0 Å². The van der Waals surface area contributed by atoms with Gasteiger partial charge in [0.25, 0.3) is 5.91 Å². The zero-order valence-electron chi connectivity index (χ0n) is 11.9. The molecule has 0 aromatic carbocycles. The number of pyridine rings is 1. The molecule has 0 radical (unpaired) electrons. The summed E-state index contributed by atoms with van der Waals surface area (Å²) >= 11 is 0. The van der Waals surface area contributed by atoms with E-state index in [1.54, 1.807) is 0 Å². The van der Waals surface area contributed by atoms with Gasteiger partial charge in [0.2, 0.25) is 5.88 Å². The Balaban J connectivity index is 2.59. The van der Waals surface area contributed by atoms with Gasteiger partial charge in [-0.2, -0.15) is 8.78 Å². The Hall–Kier alpha value is -2.39. The highest BCUT2D eigenvalue weighted by atomic mass is 19.3. The van der Waals surface area contributed by atoms with E-state index in [1.165, 1.54) is 13.0 Å². The molecule has 0 saturated carbocycles. The lowest BCUT2D eigenvalue weighted by Gasteiger charge is -2.15. The number of carbonyl (C=O) groups excluding carboxylic acids is 1. The number of nitrogens with one attached hydrogen (secondary N) is 1. The normalized spacial score (nSPS) is 12.8. The van der Waals surface area contributed by atoms with Crippen LogP contribution in [0.2, 0.25) is 0 Å². The molecule has 2 N–H and O–H groups in total. The van der Waals surface area contributed by atoms with E-state index in [0.29, 0.717) is 0 Å². The van der Waals surface area contributed by atoms with Crippen LogP contribution in [0.5, 0.6) is 5.88 Å². The zero-order valence-corrected chi connectivity index (χ0v) is 11.9. The second kappa shape index (κ2) is 7.75. The first-order chi connectivity index (χ1) is 10.6. The minimum atomic E-state index is -4.30. The van der Waals surface area contributed by atoms with Crippen molar-refractivity contribution in [3.63, 3.8) is 0 Å². The number of alkyl halides is 4. The van der Waals surface area contributed by atoms with Gasteiger partial charge in [0, 0.05) is 18.3 Å². The van der Waals surface area contributed by atoms with Gasteiger partial charge in [-0.25, -0.2) is 13.8 Å².